The van der Waals surface area contributed by atoms with Crippen LogP contribution >= 0.6 is 0 Å². The van der Waals surface area contributed by atoms with Gasteiger partial charge in [0.2, 0.25) is 0 Å². The predicted molar refractivity (Wildman–Crippen MR) is 192 cm³/mol. The molecule has 0 bridgehead atoms. The van der Waals surface area contributed by atoms with Crippen LogP contribution in [0.25, 0.3) is 76.9 Å². The number of fused-ring (bicyclic) bond motifs is 3. The van der Waals surface area contributed by atoms with Crippen LogP contribution in [0.15, 0.2) is 140 Å². The van der Waals surface area contributed by atoms with E-state index in [9.17, 15) is 0 Å². The lowest BCUT2D eigenvalue weighted by Gasteiger charge is -2.17. The summed E-state index contributed by atoms with van der Waals surface area (Å²) in [6, 6.07) is 51.8. The molecule has 0 aliphatic heterocycles. The van der Waals surface area contributed by atoms with Crippen molar-refractivity contribution in [3.8, 4) is 22.5 Å². The van der Waals surface area contributed by atoms with Gasteiger partial charge in [0.05, 0.1) is 30.1 Å². The molecule has 3 heteroatoms. The number of nitrogens with zero attached hydrogens (tertiary/aromatic N) is 2. The van der Waals surface area contributed by atoms with Gasteiger partial charge in [-0.1, -0.05) is 110 Å². The highest BCUT2D eigenvalue weighted by Crippen LogP contribution is 2.42. The van der Waals surface area contributed by atoms with Crippen molar-refractivity contribution in [3.05, 3.63) is 140 Å². The molecule has 2 nitrogen and oxygen atoms in total. The van der Waals surface area contributed by atoms with Gasteiger partial charge in [-0.15, -0.1) is 0 Å². The molecule has 0 saturated heterocycles. The summed E-state index contributed by atoms with van der Waals surface area (Å²) < 4.78 is 4.88. The third-order valence-electron chi connectivity index (χ3n) is 9.41. The SMILES string of the molecule is C[Si](C)(C)c1ccc(-n2c3cccc4ccc5cc(-c6ccc7c8ccccc8n(-c8ccccc8)c7c6)cc2c5c43)cc1. The fourth-order valence-electron chi connectivity index (χ4n) is 7.25. The molecule has 0 aliphatic rings. The topological polar surface area (TPSA) is 9.86 Å². The maximum absolute atomic E-state index is 2.47. The molecule has 0 amide bonds. The van der Waals surface area contributed by atoms with Crippen molar-refractivity contribution in [1.82, 2.24) is 9.13 Å². The zero-order chi connectivity index (χ0) is 29.6. The molecule has 0 aliphatic carbocycles. The number of para-hydroxylation sites is 2. The summed E-state index contributed by atoms with van der Waals surface area (Å²) >= 11 is 0. The van der Waals surface area contributed by atoms with Crippen molar-refractivity contribution in [2.24, 2.45) is 0 Å². The lowest BCUT2D eigenvalue weighted by atomic mass is 9.97. The molecule has 9 aromatic rings. The molecule has 210 valence electrons. The number of hydrogen-bond donors (Lipinski definition) is 0. The van der Waals surface area contributed by atoms with E-state index in [1.807, 2.05) is 0 Å². The molecule has 0 atom stereocenters. The van der Waals surface area contributed by atoms with Crippen LogP contribution in [0.4, 0.5) is 0 Å². The zero-order valence-electron chi connectivity index (χ0n) is 25.2. The second-order valence-corrected chi connectivity index (χ2v) is 18.2. The first-order valence-electron chi connectivity index (χ1n) is 15.4. The number of benzene rings is 7. The summed E-state index contributed by atoms with van der Waals surface area (Å²) in [6.07, 6.45) is 0. The van der Waals surface area contributed by atoms with Gasteiger partial charge in [-0.05, 0) is 76.5 Å². The van der Waals surface area contributed by atoms with E-state index in [4.69, 9.17) is 0 Å². The molecule has 0 unspecified atom stereocenters. The normalized spacial score (nSPS) is 12.4. The third kappa shape index (κ3) is 3.66. The van der Waals surface area contributed by atoms with Gasteiger partial charge in [-0.3, -0.25) is 0 Å². The van der Waals surface area contributed by atoms with E-state index in [0.717, 1.165) is 0 Å². The van der Waals surface area contributed by atoms with Crippen molar-refractivity contribution in [1.29, 1.82) is 0 Å². The molecule has 0 N–H and O–H groups in total. The van der Waals surface area contributed by atoms with E-state index in [0.29, 0.717) is 0 Å². The van der Waals surface area contributed by atoms with Crippen LogP contribution in [0.2, 0.25) is 19.6 Å². The highest BCUT2D eigenvalue weighted by atomic mass is 28.3. The minimum absolute atomic E-state index is 1.18. The summed E-state index contributed by atoms with van der Waals surface area (Å²) in [4.78, 5) is 0. The molecule has 0 radical (unpaired) electrons. The van der Waals surface area contributed by atoms with Crippen LogP contribution in [0, 0.1) is 0 Å². The second kappa shape index (κ2) is 9.19. The summed E-state index contributed by atoms with van der Waals surface area (Å²) in [5, 5.41) is 9.30. The predicted octanol–water partition coefficient (Wildman–Crippen LogP) is 10.7. The minimum atomic E-state index is -1.40. The van der Waals surface area contributed by atoms with Gasteiger partial charge in [0, 0.05) is 32.9 Å². The first kappa shape index (κ1) is 25.4. The van der Waals surface area contributed by atoms with Crippen molar-refractivity contribution in [3.63, 3.8) is 0 Å². The van der Waals surface area contributed by atoms with Crippen molar-refractivity contribution >= 4 is 67.6 Å². The Morgan fingerprint density at radius 1 is 0.409 bits per heavy atom. The Morgan fingerprint density at radius 2 is 1.05 bits per heavy atom. The summed E-state index contributed by atoms with van der Waals surface area (Å²) in [7, 11) is -1.40. The Hall–Kier alpha value is -5.12. The van der Waals surface area contributed by atoms with Crippen LogP contribution in [-0.2, 0) is 0 Å². The highest BCUT2D eigenvalue weighted by molar-refractivity contribution is 6.88. The third-order valence-corrected chi connectivity index (χ3v) is 11.5. The van der Waals surface area contributed by atoms with E-state index in [-0.39, 0.29) is 0 Å². The Balaban J connectivity index is 1.32. The van der Waals surface area contributed by atoms with Crippen molar-refractivity contribution in [2.45, 2.75) is 19.6 Å². The van der Waals surface area contributed by atoms with Crippen molar-refractivity contribution in [2.75, 3.05) is 0 Å². The quantitative estimate of drug-likeness (QED) is 0.145. The van der Waals surface area contributed by atoms with Gasteiger partial charge >= 0.3 is 0 Å². The number of aromatic nitrogens is 2. The van der Waals surface area contributed by atoms with Gasteiger partial charge in [0.1, 0.15) is 0 Å². The van der Waals surface area contributed by atoms with Gasteiger partial charge in [-0.25, -0.2) is 0 Å². The molecule has 7 aromatic carbocycles. The molecular formula is C41H32N2Si. The molecule has 0 fully saturated rings. The Morgan fingerprint density at radius 3 is 1.86 bits per heavy atom. The first-order chi connectivity index (χ1) is 21.5. The zero-order valence-corrected chi connectivity index (χ0v) is 26.2. The molecule has 2 heterocycles. The largest absolute Gasteiger partial charge is 0.309 e. The molecule has 2 aromatic heterocycles. The van der Waals surface area contributed by atoms with Crippen molar-refractivity contribution < 1.29 is 0 Å². The number of rotatable bonds is 4. The van der Waals surface area contributed by atoms with Gasteiger partial charge in [0.15, 0.2) is 0 Å². The maximum atomic E-state index is 2.47. The Kier molecular flexibility index (Phi) is 5.30. The van der Waals surface area contributed by atoms with E-state index in [1.54, 1.807) is 0 Å². The number of hydrogen-bond acceptors (Lipinski definition) is 0. The summed E-state index contributed by atoms with van der Waals surface area (Å²) in [5.74, 6) is 0. The van der Waals surface area contributed by atoms with Gasteiger partial charge < -0.3 is 9.13 Å². The lowest BCUT2D eigenvalue weighted by molar-refractivity contribution is 1.18. The first-order valence-corrected chi connectivity index (χ1v) is 18.9. The minimum Gasteiger partial charge on any atom is -0.309 e. The Labute approximate surface area is 257 Å². The lowest BCUT2D eigenvalue weighted by Crippen LogP contribution is -2.37. The van der Waals surface area contributed by atoms with Crippen LogP contribution in [0.1, 0.15) is 0 Å². The standard InChI is InChI=1S/C41H32N2Si/c1-44(2,3)33-21-19-32(20-22-33)43-37-15-9-10-27-16-17-29-24-30(26-39(43)41(29)40(27)37)28-18-23-35-34-13-7-8-14-36(34)42(38(35)25-28)31-11-5-4-6-12-31/h4-26H,1-3H3. The second-order valence-electron chi connectivity index (χ2n) is 13.1. The molecular weight excluding hydrogens is 549 g/mol. The van der Waals surface area contributed by atoms with E-state index in [1.165, 1.54) is 82.1 Å². The van der Waals surface area contributed by atoms with Crippen LogP contribution in [0.3, 0.4) is 0 Å². The summed E-state index contributed by atoms with van der Waals surface area (Å²) in [6.45, 7) is 7.24. The van der Waals surface area contributed by atoms with Gasteiger partial charge in [-0.2, -0.15) is 0 Å². The maximum Gasteiger partial charge on any atom is 0.0775 e. The van der Waals surface area contributed by atoms with Crippen LogP contribution in [0.5, 0.6) is 0 Å². The average Bonchev–Trinajstić information content (AvgIpc) is 3.57. The fraction of sp³-hybridized carbons (Fsp3) is 0.0732. The van der Waals surface area contributed by atoms with Gasteiger partial charge in [0.25, 0.3) is 0 Å². The average molecular weight is 581 g/mol. The highest BCUT2D eigenvalue weighted by Gasteiger charge is 2.20. The van der Waals surface area contributed by atoms with E-state index >= 15 is 0 Å². The molecule has 9 rings (SSSR count). The summed E-state index contributed by atoms with van der Waals surface area (Å²) in [5.41, 5.74) is 9.83. The fourth-order valence-corrected chi connectivity index (χ4v) is 8.42. The van der Waals surface area contributed by atoms with E-state index in [2.05, 4.69) is 168 Å². The van der Waals surface area contributed by atoms with Crippen LogP contribution < -0.4 is 5.19 Å². The monoisotopic (exact) mass is 580 g/mol. The smallest absolute Gasteiger partial charge is 0.0775 e. The Bertz CT molecular complexity index is 2510. The molecule has 44 heavy (non-hydrogen) atoms. The van der Waals surface area contributed by atoms with Crippen LogP contribution in [-0.4, -0.2) is 17.2 Å². The molecule has 0 saturated carbocycles. The molecule has 0 spiro atoms. The van der Waals surface area contributed by atoms with E-state index < -0.39 is 8.07 Å².